The fraction of sp³-hybridized carbons (Fsp3) is 0.545. The average molecular weight is 342 g/mol. The lowest BCUT2D eigenvalue weighted by atomic mass is 9.78. The molecule has 0 bridgehead atoms. The van der Waals surface area contributed by atoms with Gasteiger partial charge in [0.15, 0.2) is 0 Å². The third kappa shape index (κ3) is 4.59. The van der Waals surface area contributed by atoms with Crippen LogP contribution in [0.2, 0.25) is 0 Å². The molecule has 25 heavy (non-hydrogen) atoms. The highest BCUT2D eigenvalue weighted by Gasteiger charge is 2.34. The lowest BCUT2D eigenvalue weighted by molar-refractivity contribution is -0.164. The van der Waals surface area contributed by atoms with Crippen LogP contribution in [0.25, 0.3) is 0 Å². The van der Waals surface area contributed by atoms with Crippen molar-refractivity contribution in [3.05, 3.63) is 47.6 Å². The number of ether oxygens (including phenoxy) is 1. The van der Waals surface area contributed by atoms with Crippen LogP contribution in [0.15, 0.2) is 47.6 Å². The summed E-state index contributed by atoms with van der Waals surface area (Å²) in [6, 6.07) is 0. The van der Waals surface area contributed by atoms with Crippen LogP contribution in [0, 0.1) is 23.7 Å². The van der Waals surface area contributed by atoms with Gasteiger partial charge in [-0.05, 0) is 65.2 Å². The Morgan fingerprint density at radius 2 is 1.24 bits per heavy atom. The zero-order valence-corrected chi connectivity index (χ0v) is 15.9. The Morgan fingerprint density at radius 3 is 1.56 bits per heavy atom. The average Bonchev–Trinajstić information content (AvgIpc) is 2.54. The molecule has 0 aliphatic heterocycles. The summed E-state index contributed by atoms with van der Waals surface area (Å²) in [7, 11) is 0. The Bertz CT molecular complexity index is 594. The van der Waals surface area contributed by atoms with Crippen molar-refractivity contribution < 1.29 is 14.3 Å². The maximum atomic E-state index is 12.6. The van der Waals surface area contributed by atoms with E-state index in [1.54, 1.807) is 0 Å². The van der Waals surface area contributed by atoms with Crippen LogP contribution in [0.3, 0.4) is 0 Å². The van der Waals surface area contributed by atoms with Crippen molar-refractivity contribution in [1.29, 1.82) is 0 Å². The Balaban J connectivity index is 2.05. The molecular weight excluding hydrogens is 312 g/mol. The molecule has 0 amide bonds. The van der Waals surface area contributed by atoms with Gasteiger partial charge in [-0.15, -0.1) is 0 Å². The molecule has 0 unspecified atom stereocenters. The van der Waals surface area contributed by atoms with Crippen LogP contribution in [-0.4, -0.2) is 11.9 Å². The molecule has 0 radical (unpaired) electrons. The molecule has 0 saturated heterocycles. The molecule has 0 spiro atoms. The topological polar surface area (TPSA) is 43.4 Å². The van der Waals surface area contributed by atoms with Gasteiger partial charge >= 0.3 is 11.9 Å². The molecule has 2 aliphatic carbocycles. The van der Waals surface area contributed by atoms with Crippen LogP contribution in [0.4, 0.5) is 0 Å². The normalized spacial score (nSPS) is 29.3. The summed E-state index contributed by atoms with van der Waals surface area (Å²) >= 11 is 0. The smallest absolute Gasteiger partial charge is 0.320 e. The van der Waals surface area contributed by atoms with Crippen LogP contribution in [-0.2, 0) is 14.3 Å². The molecule has 3 nitrogen and oxygen atoms in total. The molecular formula is C22H30O3. The van der Waals surface area contributed by atoms with E-state index in [0.717, 1.165) is 35.1 Å². The summed E-state index contributed by atoms with van der Waals surface area (Å²) in [6.07, 6.45) is 7.31. The highest BCUT2D eigenvalue weighted by molar-refractivity contribution is 5.90. The second kappa shape index (κ2) is 7.99. The summed E-state index contributed by atoms with van der Waals surface area (Å²) in [5.74, 6) is -0.973. The third-order valence-electron chi connectivity index (χ3n) is 5.75. The Morgan fingerprint density at radius 1 is 0.880 bits per heavy atom. The fourth-order valence-corrected chi connectivity index (χ4v) is 3.68. The van der Waals surface area contributed by atoms with Gasteiger partial charge in [0.25, 0.3) is 0 Å². The number of carbonyl (C=O) groups excluding carboxylic acids is 2. The maximum Gasteiger partial charge on any atom is 0.320 e. The highest BCUT2D eigenvalue weighted by Crippen LogP contribution is 2.36. The standard InChI is InChI=1S/C22H30O3/c1-13(2)17-9-7-15(5)19(11-17)21(23)25-22(24)20-12-18(14(3)4)10-8-16(20)6/h7-8,17-20H,1,3,9-12H2,2,4-6H3/t17-,18-,19-,20+/m1/s1. The van der Waals surface area contributed by atoms with Crippen molar-refractivity contribution in [2.24, 2.45) is 23.7 Å². The van der Waals surface area contributed by atoms with E-state index in [0.29, 0.717) is 12.8 Å². The van der Waals surface area contributed by atoms with Gasteiger partial charge in [-0.2, -0.15) is 0 Å². The molecule has 136 valence electrons. The highest BCUT2D eigenvalue weighted by atomic mass is 16.6. The second-order valence-electron chi connectivity index (χ2n) is 7.77. The van der Waals surface area contributed by atoms with Gasteiger partial charge in [-0.1, -0.05) is 47.6 Å². The molecule has 2 rings (SSSR count). The van der Waals surface area contributed by atoms with E-state index in [-0.39, 0.29) is 23.7 Å². The van der Waals surface area contributed by atoms with Gasteiger partial charge in [0.1, 0.15) is 0 Å². The zero-order chi connectivity index (χ0) is 18.7. The molecule has 3 heteroatoms. The van der Waals surface area contributed by atoms with Crippen LogP contribution in [0.5, 0.6) is 0 Å². The zero-order valence-electron chi connectivity index (χ0n) is 15.9. The summed E-state index contributed by atoms with van der Waals surface area (Å²) in [6.45, 7) is 15.9. The molecule has 0 aromatic heterocycles. The van der Waals surface area contributed by atoms with Gasteiger partial charge in [-0.3, -0.25) is 9.59 Å². The second-order valence-corrected chi connectivity index (χ2v) is 7.77. The maximum absolute atomic E-state index is 12.6. The first-order valence-corrected chi connectivity index (χ1v) is 9.10. The van der Waals surface area contributed by atoms with Crippen molar-refractivity contribution in [2.45, 2.75) is 53.4 Å². The predicted molar refractivity (Wildman–Crippen MR) is 101 cm³/mol. The summed E-state index contributed by atoms with van der Waals surface area (Å²) in [5, 5.41) is 0. The van der Waals surface area contributed by atoms with Crippen molar-refractivity contribution in [3.8, 4) is 0 Å². The number of hydrogen-bond acceptors (Lipinski definition) is 3. The summed E-state index contributed by atoms with van der Waals surface area (Å²) in [5.41, 5.74) is 4.13. The van der Waals surface area contributed by atoms with E-state index < -0.39 is 11.9 Å². The predicted octanol–water partition coefficient (Wildman–Crippen LogP) is 5.15. The Kier molecular flexibility index (Phi) is 6.21. The fourth-order valence-electron chi connectivity index (χ4n) is 3.68. The van der Waals surface area contributed by atoms with E-state index in [1.165, 1.54) is 0 Å². The molecule has 0 aromatic carbocycles. The first kappa shape index (κ1) is 19.4. The minimum absolute atomic E-state index is 0.278. The third-order valence-corrected chi connectivity index (χ3v) is 5.75. The number of hydrogen-bond donors (Lipinski definition) is 0. The van der Waals surface area contributed by atoms with Crippen LogP contribution >= 0.6 is 0 Å². The SMILES string of the molecule is C=C(C)[C@@H]1CC=C(C)[C@@H](C(=O)OC(=O)[C@@H]2C[C@H](C(=C)C)CC=C2C)C1. The summed E-state index contributed by atoms with van der Waals surface area (Å²) in [4.78, 5) is 25.2. The van der Waals surface area contributed by atoms with E-state index in [9.17, 15) is 9.59 Å². The van der Waals surface area contributed by atoms with E-state index in [1.807, 2.05) is 27.7 Å². The first-order chi connectivity index (χ1) is 11.7. The summed E-state index contributed by atoms with van der Waals surface area (Å²) < 4.78 is 5.31. The molecule has 0 N–H and O–H groups in total. The lowest BCUT2D eigenvalue weighted by Gasteiger charge is -2.29. The quantitative estimate of drug-likeness (QED) is 0.403. The first-order valence-electron chi connectivity index (χ1n) is 9.10. The lowest BCUT2D eigenvalue weighted by Crippen LogP contribution is -2.31. The Hall–Kier alpha value is -1.90. The molecule has 2 aliphatic rings. The van der Waals surface area contributed by atoms with Crippen molar-refractivity contribution >= 4 is 11.9 Å². The van der Waals surface area contributed by atoms with Gasteiger partial charge in [-0.25, -0.2) is 0 Å². The van der Waals surface area contributed by atoms with Crippen LogP contribution in [0.1, 0.15) is 53.4 Å². The minimum atomic E-state index is -0.421. The van der Waals surface area contributed by atoms with E-state index in [4.69, 9.17) is 4.74 Å². The number of esters is 2. The van der Waals surface area contributed by atoms with Gasteiger partial charge in [0, 0.05) is 0 Å². The van der Waals surface area contributed by atoms with Gasteiger partial charge < -0.3 is 4.74 Å². The monoisotopic (exact) mass is 342 g/mol. The number of carbonyl (C=O) groups is 2. The van der Waals surface area contributed by atoms with Gasteiger partial charge in [0.05, 0.1) is 11.8 Å². The molecule has 4 atom stereocenters. The molecule has 0 saturated carbocycles. The van der Waals surface area contributed by atoms with Gasteiger partial charge in [0.2, 0.25) is 0 Å². The van der Waals surface area contributed by atoms with E-state index >= 15 is 0 Å². The number of rotatable bonds is 4. The van der Waals surface area contributed by atoms with Crippen molar-refractivity contribution in [2.75, 3.05) is 0 Å². The van der Waals surface area contributed by atoms with Crippen molar-refractivity contribution in [3.63, 3.8) is 0 Å². The Labute approximate surface area is 151 Å². The molecule has 0 fully saturated rings. The number of allylic oxidation sites excluding steroid dienone is 4. The van der Waals surface area contributed by atoms with Crippen molar-refractivity contribution in [1.82, 2.24) is 0 Å². The minimum Gasteiger partial charge on any atom is -0.392 e. The largest absolute Gasteiger partial charge is 0.392 e. The molecule has 0 aromatic rings. The molecule has 0 heterocycles. The van der Waals surface area contributed by atoms with Crippen LogP contribution < -0.4 is 0 Å². The van der Waals surface area contributed by atoms with E-state index in [2.05, 4.69) is 25.3 Å².